The van der Waals surface area contributed by atoms with Crippen LogP contribution in [0.2, 0.25) is 0 Å². The zero-order valence-electron chi connectivity index (χ0n) is 10.6. The Bertz CT molecular complexity index is 692. The van der Waals surface area contributed by atoms with Crippen molar-refractivity contribution in [3.05, 3.63) is 45.2 Å². The molecule has 0 atom stereocenters. The maximum Gasteiger partial charge on any atom is 0.271 e. The Morgan fingerprint density at radius 3 is 2.63 bits per heavy atom. The second kappa shape index (κ2) is 5.64. The van der Waals surface area contributed by atoms with Crippen LogP contribution in [0.15, 0.2) is 39.0 Å². The van der Waals surface area contributed by atoms with Gasteiger partial charge in [0.25, 0.3) is 10.0 Å². The lowest BCUT2D eigenvalue weighted by Gasteiger charge is -2.10. The summed E-state index contributed by atoms with van der Waals surface area (Å²) in [7, 11) is -3.49. The van der Waals surface area contributed by atoms with Crippen LogP contribution in [0.3, 0.4) is 0 Å². The molecule has 1 heterocycles. The Balaban J connectivity index is 2.33. The van der Waals surface area contributed by atoms with Crippen LogP contribution in [0, 0.1) is 6.92 Å². The number of sulfonamides is 1. The molecule has 2 aromatic rings. The Labute approximate surface area is 125 Å². The highest BCUT2D eigenvalue weighted by Gasteiger charge is 2.17. The summed E-state index contributed by atoms with van der Waals surface area (Å²) in [5, 5.41) is 0. The molecule has 1 aromatic heterocycles. The van der Waals surface area contributed by atoms with Crippen LogP contribution in [0.25, 0.3) is 0 Å². The van der Waals surface area contributed by atoms with Gasteiger partial charge in [-0.05, 0) is 43.2 Å². The molecule has 0 saturated heterocycles. The number of thiophene rings is 1. The number of halogens is 1. The molecule has 0 radical (unpaired) electrons. The highest BCUT2D eigenvalue weighted by molar-refractivity contribution is 9.10. The highest BCUT2D eigenvalue weighted by Crippen LogP contribution is 2.28. The second-order valence-corrected chi connectivity index (χ2v) is 8.02. The van der Waals surface area contributed by atoms with Gasteiger partial charge in [0.1, 0.15) is 4.21 Å². The van der Waals surface area contributed by atoms with E-state index in [2.05, 4.69) is 20.7 Å². The summed E-state index contributed by atoms with van der Waals surface area (Å²) in [6, 6.07) is 8.95. The number of rotatable bonds is 4. The van der Waals surface area contributed by atoms with Gasteiger partial charge in [-0.25, -0.2) is 8.42 Å². The molecule has 1 N–H and O–H groups in total. The third-order valence-electron chi connectivity index (χ3n) is 2.76. The molecule has 19 heavy (non-hydrogen) atoms. The lowest BCUT2D eigenvalue weighted by molar-refractivity contribution is 0.603. The van der Waals surface area contributed by atoms with Gasteiger partial charge < -0.3 is 0 Å². The number of hydrogen-bond donors (Lipinski definition) is 1. The number of aryl methyl sites for hydroxylation is 1. The molecule has 6 heteroatoms. The van der Waals surface area contributed by atoms with Gasteiger partial charge in [0.2, 0.25) is 0 Å². The fourth-order valence-electron chi connectivity index (χ4n) is 1.61. The van der Waals surface area contributed by atoms with Crippen molar-refractivity contribution in [3.8, 4) is 0 Å². The molecule has 0 spiro atoms. The summed E-state index contributed by atoms with van der Waals surface area (Å²) in [6.45, 7) is 3.88. The fraction of sp³-hybridized carbons (Fsp3) is 0.231. The highest BCUT2D eigenvalue weighted by atomic mass is 79.9. The van der Waals surface area contributed by atoms with E-state index >= 15 is 0 Å². The van der Waals surface area contributed by atoms with Crippen LogP contribution in [0.5, 0.6) is 0 Å². The molecule has 102 valence electrons. The van der Waals surface area contributed by atoms with E-state index in [1.807, 2.05) is 26.0 Å². The monoisotopic (exact) mass is 359 g/mol. The molecular weight excluding hydrogens is 346 g/mol. The normalized spacial score (nSPS) is 11.5. The van der Waals surface area contributed by atoms with Crippen molar-refractivity contribution in [1.82, 2.24) is 0 Å². The minimum atomic E-state index is -3.49. The van der Waals surface area contributed by atoms with E-state index < -0.39 is 10.0 Å². The van der Waals surface area contributed by atoms with Gasteiger partial charge in [-0.2, -0.15) is 0 Å². The minimum Gasteiger partial charge on any atom is -0.279 e. The smallest absolute Gasteiger partial charge is 0.271 e. The maximum atomic E-state index is 12.3. The van der Waals surface area contributed by atoms with Gasteiger partial charge in [0.15, 0.2) is 0 Å². The lowest BCUT2D eigenvalue weighted by Crippen LogP contribution is -2.12. The van der Waals surface area contributed by atoms with E-state index in [4.69, 9.17) is 0 Å². The molecule has 2 rings (SSSR count). The van der Waals surface area contributed by atoms with Crippen LogP contribution < -0.4 is 4.72 Å². The summed E-state index contributed by atoms with van der Waals surface area (Å²) in [6.07, 6.45) is 0.843. The molecule has 0 saturated carbocycles. The largest absolute Gasteiger partial charge is 0.279 e. The van der Waals surface area contributed by atoms with Gasteiger partial charge in [0.05, 0.1) is 5.69 Å². The Hall–Kier alpha value is -0.850. The van der Waals surface area contributed by atoms with E-state index in [-0.39, 0.29) is 0 Å². The van der Waals surface area contributed by atoms with Gasteiger partial charge in [0, 0.05) is 9.35 Å². The Kier molecular flexibility index (Phi) is 4.32. The average molecular weight is 360 g/mol. The van der Waals surface area contributed by atoms with E-state index in [1.54, 1.807) is 18.2 Å². The number of nitrogens with one attached hydrogen (secondary N) is 1. The van der Waals surface area contributed by atoms with Crippen LogP contribution in [-0.4, -0.2) is 8.42 Å². The summed E-state index contributed by atoms with van der Waals surface area (Å²) < 4.78 is 28.4. The van der Waals surface area contributed by atoms with E-state index in [1.165, 1.54) is 11.3 Å². The Morgan fingerprint density at radius 1 is 1.26 bits per heavy atom. The summed E-state index contributed by atoms with van der Waals surface area (Å²) in [5.74, 6) is 0. The van der Waals surface area contributed by atoms with Crippen molar-refractivity contribution in [1.29, 1.82) is 0 Å². The Morgan fingerprint density at radius 2 is 2.00 bits per heavy atom. The molecule has 1 aromatic carbocycles. The molecule has 0 aliphatic heterocycles. The van der Waals surface area contributed by atoms with Crippen molar-refractivity contribution < 1.29 is 8.42 Å². The summed E-state index contributed by atoms with van der Waals surface area (Å²) in [4.78, 5) is 1.06. The van der Waals surface area contributed by atoms with Gasteiger partial charge in [-0.15, -0.1) is 11.3 Å². The fourth-order valence-corrected chi connectivity index (χ4v) is 4.39. The minimum absolute atomic E-state index is 0.351. The number of benzene rings is 1. The zero-order valence-corrected chi connectivity index (χ0v) is 13.8. The van der Waals surface area contributed by atoms with E-state index in [0.29, 0.717) is 9.90 Å². The quantitative estimate of drug-likeness (QED) is 0.889. The van der Waals surface area contributed by atoms with Crippen LogP contribution in [-0.2, 0) is 16.4 Å². The second-order valence-electron chi connectivity index (χ2n) is 4.09. The van der Waals surface area contributed by atoms with Gasteiger partial charge >= 0.3 is 0 Å². The van der Waals surface area contributed by atoms with E-state index in [9.17, 15) is 8.42 Å². The van der Waals surface area contributed by atoms with Crippen molar-refractivity contribution in [2.24, 2.45) is 0 Å². The summed E-state index contributed by atoms with van der Waals surface area (Å²) in [5.41, 5.74) is 1.47. The first-order valence-corrected chi connectivity index (χ1v) is 8.90. The standard InChI is InChI=1S/C13H14BrNO2S2/c1-3-10-7-8-13(18-10)19(16,17)15-12-6-4-5-11(14)9(12)2/h4-8,15H,3H2,1-2H3. The molecule has 0 aliphatic carbocycles. The number of hydrogen-bond acceptors (Lipinski definition) is 3. The number of anilines is 1. The molecule has 0 aliphatic rings. The molecule has 0 fully saturated rings. The van der Waals surface area contributed by atoms with Crippen LogP contribution in [0.4, 0.5) is 5.69 Å². The predicted molar refractivity (Wildman–Crippen MR) is 83.4 cm³/mol. The van der Waals surface area contributed by atoms with Crippen molar-refractivity contribution in [2.45, 2.75) is 24.5 Å². The molecule has 3 nitrogen and oxygen atoms in total. The molecular formula is C13H14BrNO2S2. The molecule has 0 amide bonds. The first kappa shape index (κ1) is 14.6. The van der Waals surface area contributed by atoms with Crippen LogP contribution >= 0.6 is 27.3 Å². The summed E-state index contributed by atoms with van der Waals surface area (Å²) >= 11 is 4.70. The first-order valence-electron chi connectivity index (χ1n) is 5.80. The van der Waals surface area contributed by atoms with Crippen molar-refractivity contribution in [2.75, 3.05) is 4.72 Å². The average Bonchev–Trinajstić information content (AvgIpc) is 2.84. The molecule has 0 bridgehead atoms. The third kappa shape index (κ3) is 3.19. The predicted octanol–water partition coefficient (Wildman–Crippen LogP) is 4.18. The van der Waals surface area contributed by atoms with Crippen LogP contribution in [0.1, 0.15) is 17.4 Å². The third-order valence-corrected chi connectivity index (χ3v) is 6.71. The SMILES string of the molecule is CCc1ccc(S(=O)(=O)Nc2cccc(Br)c2C)s1. The lowest BCUT2D eigenvalue weighted by atomic mass is 10.2. The molecule has 0 unspecified atom stereocenters. The van der Waals surface area contributed by atoms with Crippen molar-refractivity contribution >= 4 is 43.0 Å². The van der Waals surface area contributed by atoms with E-state index in [0.717, 1.165) is 21.3 Å². The van der Waals surface area contributed by atoms with Gasteiger partial charge in [-0.3, -0.25) is 4.72 Å². The maximum absolute atomic E-state index is 12.3. The van der Waals surface area contributed by atoms with Crippen molar-refractivity contribution in [3.63, 3.8) is 0 Å². The topological polar surface area (TPSA) is 46.2 Å². The zero-order chi connectivity index (χ0) is 14.0. The first-order chi connectivity index (χ1) is 8.94. The van der Waals surface area contributed by atoms with Gasteiger partial charge in [-0.1, -0.05) is 28.9 Å².